The number of hydrogen-bond acceptors (Lipinski definition) is 5. The molecule has 0 radical (unpaired) electrons. The summed E-state index contributed by atoms with van der Waals surface area (Å²) < 4.78 is 2.08. The molecule has 1 aliphatic heterocycles. The predicted molar refractivity (Wildman–Crippen MR) is 91.9 cm³/mol. The van der Waals surface area contributed by atoms with Crippen LogP contribution >= 0.6 is 11.8 Å². The summed E-state index contributed by atoms with van der Waals surface area (Å²) in [4.78, 5) is 14.2. The Morgan fingerprint density at radius 2 is 2.13 bits per heavy atom. The minimum atomic E-state index is 0.789. The molecule has 0 saturated carbocycles. The van der Waals surface area contributed by atoms with E-state index in [2.05, 4.69) is 43.0 Å². The van der Waals surface area contributed by atoms with E-state index in [9.17, 15) is 0 Å². The largest absolute Gasteiger partial charge is 0.337 e. The Balaban J connectivity index is 1.58. The predicted octanol–water partition coefficient (Wildman–Crippen LogP) is 3.96. The van der Waals surface area contributed by atoms with Crippen molar-refractivity contribution < 1.29 is 0 Å². The number of rotatable bonds is 3. The van der Waals surface area contributed by atoms with Crippen LogP contribution in [-0.2, 0) is 6.54 Å². The lowest BCUT2D eigenvalue weighted by molar-refractivity contribution is 0.796. The van der Waals surface area contributed by atoms with E-state index in [1.165, 1.54) is 10.5 Å². The van der Waals surface area contributed by atoms with Crippen molar-refractivity contribution in [3.8, 4) is 0 Å². The summed E-state index contributed by atoms with van der Waals surface area (Å²) >= 11 is 1.64. The zero-order chi connectivity index (χ0) is 15.6. The van der Waals surface area contributed by atoms with Crippen LogP contribution in [0.4, 0.5) is 11.5 Å². The van der Waals surface area contributed by atoms with Gasteiger partial charge in [0.1, 0.15) is 5.03 Å². The van der Waals surface area contributed by atoms with Crippen molar-refractivity contribution in [1.82, 2.24) is 19.5 Å². The third kappa shape index (κ3) is 2.85. The first-order valence-electron chi connectivity index (χ1n) is 7.35. The Morgan fingerprint density at radius 1 is 1.22 bits per heavy atom. The van der Waals surface area contributed by atoms with E-state index in [-0.39, 0.29) is 0 Å². The van der Waals surface area contributed by atoms with Crippen molar-refractivity contribution in [3.63, 3.8) is 0 Å². The van der Waals surface area contributed by atoms with Crippen LogP contribution in [0.15, 0.2) is 59.1 Å². The van der Waals surface area contributed by atoms with Gasteiger partial charge in [-0.2, -0.15) is 0 Å². The molecule has 0 bridgehead atoms. The van der Waals surface area contributed by atoms with Crippen molar-refractivity contribution in [2.24, 2.45) is 0 Å². The molecule has 0 aliphatic carbocycles. The van der Waals surface area contributed by atoms with Gasteiger partial charge in [0, 0.05) is 30.0 Å². The first-order valence-corrected chi connectivity index (χ1v) is 8.17. The molecule has 0 spiro atoms. The summed E-state index contributed by atoms with van der Waals surface area (Å²) in [7, 11) is 0. The summed E-state index contributed by atoms with van der Waals surface area (Å²) in [6, 6.07) is 6.43. The normalized spacial score (nSPS) is 12.7. The van der Waals surface area contributed by atoms with Gasteiger partial charge in [-0.15, -0.1) is 0 Å². The summed E-state index contributed by atoms with van der Waals surface area (Å²) in [5.74, 6) is 0.820. The molecule has 1 aromatic carbocycles. The van der Waals surface area contributed by atoms with Gasteiger partial charge < -0.3 is 9.88 Å². The molecule has 0 unspecified atom stereocenters. The SMILES string of the molecule is C/C=C/c1cn(Cc2ccc3c(c2)Nc2nccnc2S3)cn1. The molecule has 6 heteroatoms. The summed E-state index contributed by atoms with van der Waals surface area (Å²) in [5, 5.41) is 4.28. The van der Waals surface area contributed by atoms with Crippen molar-refractivity contribution in [3.05, 3.63) is 60.5 Å². The Morgan fingerprint density at radius 3 is 3.04 bits per heavy atom. The van der Waals surface area contributed by atoms with Crippen LogP contribution in [0.2, 0.25) is 0 Å². The molecular weight excluding hydrogens is 306 g/mol. The number of nitrogens with zero attached hydrogens (tertiary/aromatic N) is 4. The summed E-state index contributed by atoms with van der Waals surface area (Å²) in [6.45, 7) is 2.78. The highest BCUT2D eigenvalue weighted by Gasteiger charge is 2.17. The Hall–Kier alpha value is -2.60. The molecule has 0 atom stereocenters. The van der Waals surface area contributed by atoms with E-state index in [0.717, 1.165) is 28.8 Å². The molecule has 3 heterocycles. The molecule has 5 nitrogen and oxygen atoms in total. The number of benzene rings is 1. The second-order valence-corrected chi connectivity index (χ2v) is 6.27. The first-order chi connectivity index (χ1) is 11.3. The van der Waals surface area contributed by atoms with E-state index < -0.39 is 0 Å². The van der Waals surface area contributed by atoms with Gasteiger partial charge in [0.25, 0.3) is 0 Å². The Labute approximate surface area is 138 Å². The third-order valence-corrected chi connectivity index (χ3v) is 4.59. The number of allylic oxidation sites excluding steroid dienone is 1. The summed E-state index contributed by atoms with van der Waals surface area (Å²) in [5.41, 5.74) is 3.27. The van der Waals surface area contributed by atoms with E-state index in [4.69, 9.17) is 0 Å². The first kappa shape index (κ1) is 14.0. The van der Waals surface area contributed by atoms with Gasteiger partial charge in [-0.3, -0.25) is 0 Å². The molecule has 0 fully saturated rings. The van der Waals surface area contributed by atoms with Gasteiger partial charge in [0.05, 0.1) is 17.7 Å². The molecule has 4 rings (SSSR count). The highest BCUT2D eigenvalue weighted by Crippen LogP contribution is 2.42. The fourth-order valence-electron chi connectivity index (χ4n) is 2.51. The van der Waals surface area contributed by atoms with Crippen molar-refractivity contribution in [2.75, 3.05) is 5.32 Å². The number of anilines is 2. The second-order valence-electron chi connectivity index (χ2n) is 5.24. The minimum absolute atomic E-state index is 0.789. The van der Waals surface area contributed by atoms with E-state index in [1.807, 2.05) is 31.6 Å². The standard InChI is InChI=1S/C17H15N5S/c1-2-3-13-10-22(11-20-13)9-12-4-5-15-14(8-12)21-16-17(23-15)19-7-6-18-16/h2-8,10-11H,9H2,1H3,(H,18,21)/b3-2+. The van der Waals surface area contributed by atoms with Crippen LogP contribution in [0.3, 0.4) is 0 Å². The van der Waals surface area contributed by atoms with Crippen LogP contribution in [0, 0.1) is 0 Å². The minimum Gasteiger partial charge on any atom is -0.337 e. The maximum atomic E-state index is 4.36. The van der Waals surface area contributed by atoms with Crippen LogP contribution in [-0.4, -0.2) is 19.5 Å². The molecule has 0 saturated heterocycles. The van der Waals surface area contributed by atoms with Crippen molar-refractivity contribution in [2.45, 2.75) is 23.4 Å². The van der Waals surface area contributed by atoms with Crippen molar-refractivity contribution >= 4 is 29.3 Å². The highest BCUT2D eigenvalue weighted by atomic mass is 32.2. The highest BCUT2D eigenvalue weighted by molar-refractivity contribution is 7.99. The Bertz CT molecular complexity index is 884. The molecule has 1 N–H and O–H groups in total. The molecule has 0 amide bonds. The topological polar surface area (TPSA) is 55.6 Å². The number of nitrogens with one attached hydrogen (secondary N) is 1. The van der Waals surface area contributed by atoms with Crippen LogP contribution in [0.25, 0.3) is 6.08 Å². The zero-order valence-corrected chi connectivity index (χ0v) is 13.4. The van der Waals surface area contributed by atoms with Gasteiger partial charge in [0.2, 0.25) is 0 Å². The fourth-order valence-corrected chi connectivity index (χ4v) is 3.39. The average molecular weight is 321 g/mol. The lowest BCUT2D eigenvalue weighted by Crippen LogP contribution is -2.05. The lowest BCUT2D eigenvalue weighted by Gasteiger charge is -2.19. The molecule has 114 valence electrons. The van der Waals surface area contributed by atoms with Crippen LogP contribution < -0.4 is 5.32 Å². The number of fused-ring (bicyclic) bond motifs is 2. The number of hydrogen-bond donors (Lipinski definition) is 1. The van der Waals surface area contributed by atoms with Gasteiger partial charge in [-0.1, -0.05) is 23.9 Å². The van der Waals surface area contributed by atoms with Crippen LogP contribution in [0.5, 0.6) is 0 Å². The molecule has 23 heavy (non-hydrogen) atoms. The van der Waals surface area contributed by atoms with Gasteiger partial charge in [0.15, 0.2) is 5.82 Å². The van der Waals surface area contributed by atoms with Crippen molar-refractivity contribution in [1.29, 1.82) is 0 Å². The zero-order valence-electron chi connectivity index (χ0n) is 12.6. The molecule has 3 aromatic rings. The number of imidazole rings is 1. The monoisotopic (exact) mass is 321 g/mol. The van der Waals surface area contributed by atoms with E-state index in [1.54, 1.807) is 24.2 Å². The lowest BCUT2D eigenvalue weighted by atomic mass is 10.2. The molecule has 1 aliphatic rings. The summed E-state index contributed by atoms with van der Waals surface area (Å²) in [6.07, 6.45) is 11.3. The van der Waals surface area contributed by atoms with Gasteiger partial charge in [-0.05, 0) is 30.7 Å². The molecule has 2 aromatic heterocycles. The van der Waals surface area contributed by atoms with E-state index in [0.29, 0.717) is 0 Å². The smallest absolute Gasteiger partial charge is 0.163 e. The quantitative estimate of drug-likeness (QED) is 0.619. The number of aromatic nitrogens is 4. The molecular formula is C17H15N5S. The Kier molecular flexibility index (Phi) is 3.59. The fraction of sp³-hybridized carbons (Fsp3) is 0.118. The maximum Gasteiger partial charge on any atom is 0.163 e. The maximum absolute atomic E-state index is 4.36. The second kappa shape index (κ2) is 5.89. The van der Waals surface area contributed by atoms with Gasteiger partial charge >= 0.3 is 0 Å². The van der Waals surface area contributed by atoms with Gasteiger partial charge in [-0.25, -0.2) is 15.0 Å². The third-order valence-electron chi connectivity index (χ3n) is 3.52. The average Bonchev–Trinajstić information content (AvgIpc) is 3.00. The van der Waals surface area contributed by atoms with E-state index >= 15 is 0 Å². The van der Waals surface area contributed by atoms with Crippen LogP contribution in [0.1, 0.15) is 18.2 Å².